The van der Waals surface area contributed by atoms with Crippen LogP contribution in [0.2, 0.25) is 0 Å². The number of amides is 1. The smallest absolute Gasteiger partial charge is 0.255 e. The van der Waals surface area contributed by atoms with Crippen molar-refractivity contribution < 1.29 is 4.79 Å². The monoisotopic (exact) mass is 420 g/mol. The Morgan fingerprint density at radius 1 is 0.844 bits per heavy atom. The van der Waals surface area contributed by atoms with Crippen LogP contribution in [0.4, 0.5) is 0 Å². The van der Waals surface area contributed by atoms with Gasteiger partial charge in [0.15, 0.2) is 0 Å². The van der Waals surface area contributed by atoms with Crippen LogP contribution in [0.3, 0.4) is 0 Å². The average Bonchev–Trinajstić information content (AvgIpc) is 3.35. The minimum atomic E-state index is -0.0609. The Bertz CT molecular complexity index is 1290. The predicted molar refractivity (Wildman–Crippen MR) is 130 cm³/mol. The molecule has 1 aromatic heterocycles. The number of aryl methyl sites for hydroxylation is 1. The minimum Gasteiger partial charge on any atom is -0.354 e. The van der Waals surface area contributed by atoms with Gasteiger partial charge in [-0.1, -0.05) is 85.5 Å². The zero-order valence-corrected chi connectivity index (χ0v) is 18.5. The number of para-hydroxylation sites is 1. The Labute approximate surface area is 189 Å². The van der Waals surface area contributed by atoms with Crippen LogP contribution < -0.4 is 0 Å². The van der Waals surface area contributed by atoms with Gasteiger partial charge in [-0.25, -0.2) is 0 Å². The Morgan fingerprint density at radius 3 is 2.38 bits per heavy atom. The van der Waals surface area contributed by atoms with E-state index in [0.717, 1.165) is 35.2 Å². The molecule has 0 saturated heterocycles. The fraction of sp³-hybridized carbons (Fsp3) is 0.276. The van der Waals surface area contributed by atoms with Gasteiger partial charge in [-0.05, 0) is 43.0 Å². The molecule has 1 aliphatic carbocycles. The highest BCUT2D eigenvalue weighted by molar-refractivity contribution is 6.02. The fourth-order valence-corrected chi connectivity index (χ4v) is 5.76. The summed E-state index contributed by atoms with van der Waals surface area (Å²) in [5.74, 6) is 0.192. The van der Waals surface area contributed by atoms with Crippen molar-refractivity contribution in [3.8, 4) is 11.3 Å². The minimum absolute atomic E-state index is 0.0609. The number of rotatable bonds is 3. The van der Waals surface area contributed by atoms with E-state index in [1.807, 2.05) is 12.1 Å². The molecule has 0 bridgehead atoms. The summed E-state index contributed by atoms with van der Waals surface area (Å²) < 4.78 is 0. The highest BCUT2D eigenvalue weighted by Gasteiger charge is 2.43. The molecule has 6 rings (SSSR count). The van der Waals surface area contributed by atoms with E-state index in [1.54, 1.807) is 0 Å². The van der Waals surface area contributed by atoms with E-state index in [2.05, 4.69) is 77.5 Å². The number of H-pyrrole nitrogens is 1. The van der Waals surface area contributed by atoms with Crippen LogP contribution in [0.25, 0.3) is 22.2 Å². The fourth-order valence-electron chi connectivity index (χ4n) is 5.76. The van der Waals surface area contributed by atoms with Crippen molar-refractivity contribution in [3.05, 3.63) is 95.1 Å². The van der Waals surface area contributed by atoms with Crippen molar-refractivity contribution in [1.29, 1.82) is 0 Å². The molecule has 3 aromatic carbocycles. The first-order chi connectivity index (χ1) is 15.7. The molecule has 160 valence electrons. The molecule has 1 atom stereocenters. The molecule has 1 N–H and O–H groups in total. The number of carbonyl (C=O) groups is 1. The van der Waals surface area contributed by atoms with Gasteiger partial charge in [-0.2, -0.15) is 0 Å². The van der Waals surface area contributed by atoms with E-state index in [9.17, 15) is 4.79 Å². The summed E-state index contributed by atoms with van der Waals surface area (Å²) in [6.07, 6.45) is 5.88. The second-order valence-electron chi connectivity index (χ2n) is 9.32. The molecule has 1 aliphatic heterocycles. The third kappa shape index (κ3) is 2.99. The SMILES string of the molecule is Cc1ccc(-c2[nH]c3ccccc3c2[C@@H]2c3ccccc3C(=O)N2C2CCCCC2)cc1. The zero-order chi connectivity index (χ0) is 21.7. The average molecular weight is 421 g/mol. The number of nitrogens with one attached hydrogen (secondary N) is 1. The van der Waals surface area contributed by atoms with Gasteiger partial charge in [0.05, 0.1) is 11.7 Å². The number of benzene rings is 3. The molecule has 0 radical (unpaired) electrons. The third-order valence-electron chi connectivity index (χ3n) is 7.33. The molecule has 1 fully saturated rings. The molecule has 3 nitrogen and oxygen atoms in total. The lowest BCUT2D eigenvalue weighted by Crippen LogP contribution is -2.40. The van der Waals surface area contributed by atoms with Crippen LogP contribution in [0.5, 0.6) is 0 Å². The van der Waals surface area contributed by atoms with Gasteiger partial charge in [0.2, 0.25) is 0 Å². The highest BCUT2D eigenvalue weighted by Crippen LogP contribution is 2.47. The zero-order valence-electron chi connectivity index (χ0n) is 18.5. The standard InChI is InChI=1S/C29H28N2O/c1-19-15-17-20(18-16-19)27-26(24-13-7-8-14-25(24)30-27)28-22-11-5-6-12-23(22)29(32)31(28)21-9-3-2-4-10-21/h5-8,11-18,21,28,30H,2-4,9-10H2,1H3/t28-/m0/s1. The van der Waals surface area contributed by atoms with Crippen LogP contribution in [0.15, 0.2) is 72.8 Å². The van der Waals surface area contributed by atoms with Gasteiger partial charge in [-0.3, -0.25) is 4.79 Å². The maximum atomic E-state index is 13.7. The predicted octanol–water partition coefficient (Wildman–Crippen LogP) is 7.02. The van der Waals surface area contributed by atoms with Crippen LogP contribution in [0, 0.1) is 6.92 Å². The molecule has 2 heterocycles. The summed E-state index contributed by atoms with van der Waals surface area (Å²) >= 11 is 0. The van der Waals surface area contributed by atoms with Crippen molar-refractivity contribution in [1.82, 2.24) is 9.88 Å². The molecule has 3 heteroatoms. The van der Waals surface area contributed by atoms with Crippen molar-refractivity contribution in [3.63, 3.8) is 0 Å². The maximum absolute atomic E-state index is 13.7. The summed E-state index contributed by atoms with van der Waals surface area (Å²) in [7, 11) is 0. The van der Waals surface area contributed by atoms with E-state index < -0.39 is 0 Å². The summed E-state index contributed by atoms with van der Waals surface area (Å²) in [4.78, 5) is 19.7. The molecule has 1 saturated carbocycles. The molecule has 1 amide bonds. The molecule has 0 unspecified atom stereocenters. The summed E-state index contributed by atoms with van der Waals surface area (Å²) in [6.45, 7) is 2.12. The van der Waals surface area contributed by atoms with E-state index in [-0.39, 0.29) is 11.9 Å². The van der Waals surface area contributed by atoms with Gasteiger partial charge in [-0.15, -0.1) is 0 Å². The van der Waals surface area contributed by atoms with E-state index in [1.165, 1.54) is 41.3 Å². The third-order valence-corrected chi connectivity index (χ3v) is 7.33. The van der Waals surface area contributed by atoms with Crippen molar-refractivity contribution in [2.24, 2.45) is 0 Å². The van der Waals surface area contributed by atoms with Crippen LogP contribution in [-0.4, -0.2) is 21.8 Å². The quantitative estimate of drug-likeness (QED) is 0.380. The Hall–Kier alpha value is -3.33. The molecule has 32 heavy (non-hydrogen) atoms. The largest absolute Gasteiger partial charge is 0.354 e. The Balaban J connectivity index is 1.61. The van der Waals surface area contributed by atoms with Gasteiger partial charge in [0.1, 0.15) is 0 Å². The first-order valence-corrected chi connectivity index (χ1v) is 11.8. The second kappa shape index (κ2) is 7.67. The van der Waals surface area contributed by atoms with E-state index in [4.69, 9.17) is 0 Å². The van der Waals surface area contributed by atoms with Gasteiger partial charge < -0.3 is 9.88 Å². The first-order valence-electron chi connectivity index (χ1n) is 11.8. The Morgan fingerprint density at radius 2 is 1.56 bits per heavy atom. The number of hydrogen-bond acceptors (Lipinski definition) is 1. The normalized spacial score (nSPS) is 19.0. The molecule has 2 aliphatic rings. The summed E-state index contributed by atoms with van der Waals surface area (Å²) in [6, 6.07) is 25.7. The number of aromatic amines is 1. The number of carbonyl (C=O) groups excluding carboxylic acids is 1. The van der Waals surface area contributed by atoms with E-state index >= 15 is 0 Å². The lowest BCUT2D eigenvalue weighted by molar-refractivity contribution is 0.0614. The maximum Gasteiger partial charge on any atom is 0.255 e. The van der Waals surface area contributed by atoms with Gasteiger partial charge >= 0.3 is 0 Å². The number of fused-ring (bicyclic) bond motifs is 2. The Kier molecular flexibility index (Phi) is 4.64. The molecular weight excluding hydrogens is 392 g/mol. The molecular formula is C29H28N2O. The number of nitrogens with zero attached hydrogens (tertiary/aromatic N) is 1. The lowest BCUT2D eigenvalue weighted by atomic mass is 9.89. The molecule has 0 spiro atoms. The van der Waals surface area contributed by atoms with Crippen molar-refractivity contribution in [2.45, 2.75) is 51.1 Å². The molecule has 4 aromatic rings. The topological polar surface area (TPSA) is 36.1 Å². The van der Waals surface area contributed by atoms with Crippen LogP contribution in [-0.2, 0) is 0 Å². The lowest BCUT2D eigenvalue weighted by Gasteiger charge is -2.36. The van der Waals surface area contributed by atoms with E-state index in [0.29, 0.717) is 6.04 Å². The number of aromatic nitrogens is 1. The second-order valence-corrected chi connectivity index (χ2v) is 9.32. The van der Waals surface area contributed by atoms with Crippen molar-refractivity contribution >= 4 is 16.8 Å². The van der Waals surface area contributed by atoms with Gasteiger partial charge in [0, 0.05) is 28.1 Å². The first kappa shape index (κ1) is 19.4. The summed E-state index contributed by atoms with van der Waals surface area (Å²) in [5, 5.41) is 1.21. The van der Waals surface area contributed by atoms with Gasteiger partial charge in [0.25, 0.3) is 5.91 Å². The van der Waals surface area contributed by atoms with Crippen LogP contribution in [0.1, 0.15) is 65.2 Å². The number of hydrogen-bond donors (Lipinski definition) is 1. The van der Waals surface area contributed by atoms with Crippen molar-refractivity contribution in [2.75, 3.05) is 0 Å². The van der Waals surface area contributed by atoms with Crippen LogP contribution >= 0.6 is 0 Å². The highest BCUT2D eigenvalue weighted by atomic mass is 16.2. The summed E-state index contributed by atoms with van der Waals surface area (Å²) in [5.41, 5.74) is 7.90.